The molecule has 260 valence electrons. The Hall–Kier alpha value is -4.37. The fourth-order valence-corrected chi connectivity index (χ4v) is 7.51. The van der Waals surface area contributed by atoms with Crippen LogP contribution in [-0.4, -0.2) is 52.4 Å². The lowest BCUT2D eigenvalue weighted by molar-refractivity contribution is -0.139. The number of nitrogens with zero attached hydrogens (tertiary/aromatic N) is 4. The Labute approximate surface area is 282 Å². The largest absolute Gasteiger partial charge is 0.506 e. The number of piperidine rings is 1. The molecule has 0 saturated carbocycles. The van der Waals surface area contributed by atoms with Crippen LogP contribution in [0.4, 0.5) is 53.3 Å². The number of urea groups is 1. The zero-order chi connectivity index (χ0) is 35.4. The van der Waals surface area contributed by atoms with Crippen LogP contribution in [0.5, 0.6) is 5.75 Å². The summed E-state index contributed by atoms with van der Waals surface area (Å²) in [6.45, 7) is 8.51. The maximum Gasteiger partial charge on any atom is 0.416 e. The van der Waals surface area contributed by atoms with E-state index in [1.165, 1.54) is 12.1 Å². The number of benzene rings is 3. The van der Waals surface area contributed by atoms with Gasteiger partial charge in [-0.15, -0.1) is 10.2 Å². The van der Waals surface area contributed by atoms with Crippen LogP contribution < -0.4 is 15.5 Å². The second kappa shape index (κ2) is 12.5. The van der Waals surface area contributed by atoms with Crippen LogP contribution in [0.2, 0.25) is 0 Å². The molecule has 0 atom stereocenters. The van der Waals surface area contributed by atoms with E-state index in [0.29, 0.717) is 37.2 Å². The summed E-state index contributed by atoms with van der Waals surface area (Å²) in [7, 11) is 0. The number of hydrogen-bond donors (Lipinski definition) is 3. The third-order valence-corrected chi connectivity index (χ3v) is 9.67. The fourth-order valence-electron chi connectivity index (χ4n) is 6.77. The Morgan fingerprint density at radius 3 is 2.20 bits per heavy atom. The van der Waals surface area contributed by atoms with E-state index in [2.05, 4.69) is 46.5 Å². The molecule has 1 spiro atoms. The number of aromatic hydroxyl groups is 1. The van der Waals surface area contributed by atoms with Crippen molar-refractivity contribution >= 4 is 39.6 Å². The Morgan fingerprint density at radius 1 is 0.898 bits per heavy atom. The third-order valence-electron chi connectivity index (χ3n) is 8.78. The van der Waals surface area contributed by atoms with Gasteiger partial charge < -0.3 is 20.2 Å². The highest BCUT2D eigenvalue weighted by molar-refractivity contribution is 7.18. The molecule has 3 N–H and O–H groups in total. The lowest BCUT2D eigenvalue weighted by Gasteiger charge is -2.42. The zero-order valence-electron chi connectivity index (χ0n) is 26.8. The van der Waals surface area contributed by atoms with Crippen molar-refractivity contribution < 1.29 is 36.2 Å². The second-order valence-corrected chi connectivity index (χ2v) is 14.6. The molecule has 3 aromatic carbocycles. The van der Waals surface area contributed by atoms with Crippen LogP contribution in [0, 0.1) is 5.41 Å². The number of likely N-dealkylation sites (tertiary alicyclic amines) is 1. The molecular weight excluding hydrogens is 670 g/mol. The number of amides is 2. The average Bonchev–Trinajstić information content (AvgIpc) is 3.61. The molecule has 4 aromatic rings. The van der Waals surface area contributed by atoms with Crippen LogP contribution in [-0.2, 0) is 17.8 Å². The summed E-state index contributed by atoms with van der Waals surface area (Å²) >= 11 is 0.953. The van der Waals surface area contributed by atoms with Gasteiger partial charge in [0.25, 0.3) is 0 Å². The summed E-state index contributed by atoms with van der Waals surface area (Å²) in [6, 6.07) is 12.3. The van der Waals surface area contributed by atoms with Gasteiger partial charge in [-0.1, -0.05) is 56.4 Å². The maximum atomic E-state index is 14.5. The highest BCUT2D eigenvalue weighted by atomic mass is 32.1. The minimum Gasteiger partial charge on any atom is -0.506 e. The molecule has 1 fully saturated rings. The molecule has 1 saturated heterocycles. The number of fused-ring (bicyclic) bond motifs is 2. The van der Waals surface area contributed by atoms with Crippen LogP contribution >= 0.6 is 11.3 Å². The van der Waals surface area contributed by atoms with Crippen molar-refractivity contribution in [2.75, 3.05) is 41.7 Å². The Kier molecular flexibility index (Phi) is 8.80. The van der Waals surface area contributed by atoms with Crippen molar-refractivity contribution in [3.8, 4) is 16.3 Å². The summed E-state index contributed by atoms with van der Waals surface area (Å²) in [4.78, 5) is 17.1. The molecule has 2 amide bonds. The van der Waals surface area contributed by atoms with Crippen LogP contribution in [0.25, 0.3) is 10.6 Å². The highest BCUT2D eigenvalue weighted by Gasteiger charge is 2.52. The lowest BCUT2D eigenvalue weighted by Crippen LogP contribution is -2.47. The predicted octanol–water partition coefficient (Wildman–Crippen LogP) is 9.12. The number of halogens is 6. The summed E-state index contributed by atoms with van der Waals surface area (Å²) < 4.78 is 82.5. The first-order valence-electron chi connectivity index (χ1n) is 15.6. The number of phenols is 1. The van der Waals surface area contributed by atoms with Crippen molar-refractivity contribution in [1.82, 2.24) is 15.1 Å². The van der Waals surface area contributed by atoms with Crippen molar-refractivity contribution in [2.24, 2.45) is 5.41 Å². The molecule has 6 rings (SSSR count). The molecule has 0 bridgehead atoms. The van der Waals surface area contributed by atoms with Gasteiger partial charge in [-0.2, -0.15) is 26.3 Å². The number of aromatic nitrogens is 2. The van der Waals surface area contributed by atoms with E-state index in [1.807, 2.05) is 0 Å². The topological polar surface area (TPSA) is 93.6 Å². The molecule has 0 aliphatic carbocycles. The minimum atomic E-state index is -4.65. The molecule has 49 heavy (non-hydrogen) atoms. The summed E-state index contributed by atoms with van der Waals surface area (Å²) in [5.41, 5.74) is -1.28. The van der Waals surface area contributed by atoms with Gasteiger partial charge in [0.15, 0.2) is 0 Å². The van der Waals surface area contributed by atoms with Gasteiger partial charge in [0, 0.05) is 24.1 Å². The second-order valence-electron chi connectivity index (χ2n) is 13.6. The lowest BCUT2D eigenvalue weighted by atomic mass is 9.72. The van der Waals surface area contributed by atoms with Crippen molar-refractivity contribution in [2.45, 2.75) is 51.4 Å². The van der Waals surface area contributed by atoms with Gasteiger partial charge in [0.2, 0.25) is 5.13 Å². The summed E-state index contributed by atoms with van der Waals surface area (Å²) in [5, 5.41) is 24.7. The average molecular weight is 705 g/mol. The monoisotopic (exact) mass is 704 g/mol. The van der Waals surface area contributed by atoms with Crippen LogP contribution in [0.1, 0.15) is 50.3 Å². The van der Waals surface area contributed by atoms with Gasteiger partial charge >= 0.3 is 18.4 Å². The number of anilines is 4. The molecule has 15 heteroatoms. The first-order valence-corrected chi connectivity index (χ1v) is 16.4. The molecule has 8 nitrogen and oxygen atoms in total. The van der Waals surface area contributed by atoms with Crippen molar-refractivity contribution in [1.29, 1.82) is 0 Å². The molecule has 0 unspecified atom stereocenters. The molecule has 1 aromatic heterocycles. The summed E-state index contributed by atoms with van der Waals surface area (Å²) in [5.74, 6) is -0.291. The third kappa shape index (κ3) is 7.18. The van der Waals surface area contributed by atoms with Crippen molar-refractivity contribution in [3.63, 3.8) is 0 Å². The smallest absolute Gasteiger partial charge is 0.416 e. The van der Waals surface area contributed by atoms with Crippen LogP contribution in [0.15, 0.2) is 60.7 Å². The number of carbonyl (C=O) groups excluding carboxylic acids is 1. The molecular formula is C34H34F6N6O2S. The van der Waals surface area contributed by atoms with Gasteiger partial charge in [-0.05, 0) is 73.3 Å². The van der Waals surface area contributed by atoms with E-state index < -0.39 is 34.9 Å². The maximum absolute atomic E-state index is 14.5. The first-order chi connectivity index (χ1) is 22.9. The summed E-state index contributed by atoms with van der Waals surface area (Å²) in [6.07, 6.45) is -8.23. The molecule has 0 radical (unpaired) electrons. The van der Waals surface area contributed by atoms with E-state index in [4.69, 9.17) is 0 Å². The number of rotatable bonds is 5. The van der Waals surface area contributed by atoms with Gasteiger partial charge in [-0.25, -0.2) is 4.79 Å². The fraction of sp³-hybridized carbons (Fsp3) is 0.382. The van der Waals surface area contributed by atoms with E-state index >= 15 is 0 Å². The van der Waals surface area contributed by atoms with E-state index in [0.717, 1.165) is 42.1 Å². The number of phenolic OH excluding ortho intramolecular Hbond substituents is 1. The minimum absolute atomic E-state index is 0.0170. The number of carbonyl (C=O) groups is 1. The Bertz CT molecular complexity index is 1840. The molecule has 2 aliphatic rings. The molecule has 2 aliphatic heterocycles. The highest BCUT2D eigenvalue weighted by Crippen LogP contribution is 2.57. The van der Waals surface area contributed by atoms with Crippen molar-refractivity contribution in [3.05, 3.63) is 77.4 Å². The van der Waals surface area contributed by atoms with Gasteiger partial charge in [0.1, 0.15) is 10.8 Å². The Morgan fingerprint density at radius 2 is 1.57 bits per heavy atom. The van der Waals surface area contributed by atoms with E-state index in [-0.39, 0.29) is 44.8 Å². The first kappa shape index (κ1) is 34.5. The van der Waals surface area contributed by atoms with E-state index in [1.54, 1.807) is 29.2 Å². The van der Waals surface area contributed by atoms with Crippen LogP contribution in [0.3, 0.4) is 0 Å². The zero-order valence-corrected chi connectivity index (χ0v) is 27.7. The predicted molar refractivity (Wildman–Crippen MR) is 176 cm³/mol. The number of nitrogens with one attached hydrogen (secondary N) is 2. The van der Waals surface area contributed by atoms with Gasteiger partial charge in [0.05, 0.1) is 28.2 Å². The SMILES string of the molecule is CC(C)(C)CN1CCC2(CC1)CN(c1ccccc1NC(=O)Nc1nnc(-c3ccc(C(F)(F)F)cc3)s1)c1c(O)ccc(C(F)(F)F)c12. The molecule has 3 heterocycles. The number of alkyl halides is 6. The normalized spacial score (nSPS) is 16.6. The van der Waals surface area contributed by atoms with Gasteiger partial charge in [-0.3, -0.25) is 5.32 Å². The number of para-hydroxylation sites is 2. The standard InChI is InChI=1S/C34H34F6N6O2S/c1-31(2,3)18-45-16-14-32(15-17-45)19-46(27-25(47)13-12-22(26(27)32)34(38,39)40)24-7-5-4-6-23(24)41-29(48)42-30-44-43-28(49-30)20-8-10-21(11-9-20)33(35,36)37/h4-13,47H,14-19H2,1-3H3,(H2,41,42,44,48). The van der Waals surface area contributed by atoms with E-state index in [9.17, 15) is 36.2 Å². The quantitative estimate of drug-likeness (QED) is 0.180. The number of hydrogen-bond acceptors (Lipinski definition) is 7. The Balaban J connectivity index is 1.26.